The number of nitrogens with zero attached hydrogens (tertiary/aromatic N) is 1. The molecular weight excluding hydrogens is 214 g/mol. The van der Waals surface area contributed by atoms with E-state index in [2.05, 4.69) is 25.0 Å². The molecule has 0 aliphatic rings. The molecule has 1 atom stereocenters. The zero-order valence-electron chi connectivity index (χ0n) is 11.1. The molecule has 0 amide bonds. The summed E-state index contributed by atoms with van der Waals surface area (Å²) in [5.41, 5.74) is 2.78. The van der Waals surface area contributed by atoms with Crippen LogP contribution >= 0.6 is 0 Å². The summed E-state index contributed by atoms with van der Waals surface area (Å²) in [5.74, 6) is 0.155. The molecule has 0 fully saturated rings. The van der Waals surface area contributed by atoms with Gasteiger partial charge in [-0.05, 0) is 25.3 Å². The number of hydrogen-bond donors (Lipinski definition) is 0. The number of hydrogen-bond acceptors (Lipinski definition) is 2. The van der Waals surface area contributed by atoms with E-state index >= 15 is 0 Å². The summed E-state index contributed by atoms with van der Waals surface area (Å²) >= 11 is 0. The van der Waals surface area contributed by atoms with E-state index in [0.29, 0.717) is 11.5 Å². The maximum absolute atomic E-state index is 11.7. The molecule has 1 heterocycles. The third kappa shape index (κ3) is 2.60. The molecule has 0 aromatic carbocycles. The van der Waals surface area contributed by atoms with Crippen molar-refractivity contribution in [2.45, 2.75) is 39.7 Å². The van der Waals surface area contributed by atoms with Gasteiger partial charge in [-0.3, -0.25) is 0 Å². The van der Waals surface area contributed by atoms with Crippen LogP contribution in [0.25, 0.3) is 0 Å². The second kappa shape index (κ2) is 5.71. The minimum absolute atomic E-state index is 0.269. The molecule has 0 saturated carbocycles. The zero-order valence-corrected chi connectivity index (χ0v) is 11.1. The van der Waals surface area contributed by atoms with Crippen molar-refractivity contribution in [3.05, 3.63) is 35.7 Å². The number of rotatable bonds is 5. The quantitative estimate of drug-likeness (QED) is 0.579. The summed E-state index contributed by atoms with van der Waals surface area (Å²) in [5, 5.41) is 0. The molecule has 0 spiro atoms. The average Bonchev–Trinajstić information content (AvgIpc) is 2.66. The number of esters is 1. The molecule has 94 valence electrons. The molecule has 0 bridgehead atoms. The summed E-state index contributed by atoms with van der Waals surface area (Å²) in [4.78, 5) is 11.7. The lowest BCUT2D eigenvalue weighted by atomic mass is 10.0. The second-order valence-electron chi connectivity index (χ2n) is 4.27. The van der Waals surface area contributed by atoms with Crippen LogP contribution in [-0.4, -0.2) is 17.6 Å². The van der Waals surface area contributed by atoms with Crippen LogP contribution in [0.5, 0.6) is 0 Å². The fraction of sp³-hybridized carbons (Fsp3) is 0.500. The van der Waals surface area contributed by atoms with Crippen molar-refractivity contribution >= 4 is 5.97 Å². The summed E-state index contributed by atoms with van der Waals surface area (Å²) in [7, 11) is 1.41. The number of ether oxygens (including phenoxy) is 1. The SMILES string of the molecule is C=CCn1c(C(C)CC)cc(C(=O)OC)c1C. The van der Waals surface area contributed by atoms with Crippen LogP contribution in [0, 0.1) is 6.92 Å². The summed E-state index contributed by atoms with van der Waals surface area (Å²) in [6, 6.07) is 1.94. The first-order valence-electron chi connectivity index (χ1n) is 5.96. The van der Waals surface area contributed by atoms with Crippen molar-refractivity contribution in [2.75, 3.05) is 7.11 Å². The lowest BCUT2D eigenvalue weighted by Crippen LogP contribution is -2.07. The van der Waals surface area contributed by atoms with Crippen LogP contribution in [0.2, 0.25) is 0 Å². The molecule has 0 saturated heterocycles. The standard InChI is InChI=1S/C14H21NO2/c1-6-8-15-11(4)12(14(16)17-5)9-13(15)10(3)7-2/h6,9-10H,1,7-8H2,2-5H3. The number of methoxy groups -OCH3 is 1. The van der Waals surface area contributed by atoms with Crippen LogP contribution < -0.4 is 0 Å². The highest BCUT2D eigenvalue weighted by Gasteiger charge is 2.19. The molecule has 1 unspecified atom stereocenters. The van der Waals surface area contributed by atoms with Gasteiger partial charge in [0.2, 0.25) is 0 Å². The Morgan fingerprint density at radius 1 is 1.65 bits per heavy atom. The minimum Gasteiger partial charge on any atom is -0.465 e. The number of carbonyl (C=O) groups is 1. The average molecular weight is 235 g/mol. The van der Waals surface area contributed by atoms with Crippen LogP contribution in [0.3, 0.4) is 0 Å². The van der Waals surface area contributed by atoms with E-state index in [1.807, 2.05) is 19.1 Å². The zero-order chi connectivity index (χ0) is 13.0. The monoisotopic (exact) mass is 235 g/mol. The number of aromatic nitrogens is 1. The Kier molecular flexibility index (Phi) is 4.55. The highest BCUT2D eigenvalue weighted by atomic mass is 16.5. The van der Waals surface area contributed by atoms with E-state index < -0.39 is 0 Å². The molecule has 0 radical (unpaired) electrons. The largest absolute Gasteiger partial charge is 0.465 e. The second-order valence-corrected chi connectivity index (χ2v) is 4.27. The van der Waals surface area contributed by atoms with Gasteiger partial charge in [-0.2, -0.15) is 0 Å². The summed E-state index contributed by atoms with van der Waals surface area (Å²) < 4.78 is 6.93. The molecule has 17 heavy (non-hydrogen) atoms. The van der Waals surface area contributed by atoms with Gasteiger partial charge < -0.3 is 9.30 Å². The maximum atomic E-state index is 11.7. The Balaban J connectivity index is 3.28. The van der Waals surface area contributed by atoms with E-state index in [0.717, 1.165) is 18.7 Å². The fourth-order valence-electron chi connectivity index (χ4n) is 1.97. The highest BCUT2D eigenvalue weighted by Crippen LogP contribution is 2.25. The van der Waals surface area contributed by atoms with E-state index in [9.17, 15) is 4.79 Å². The van der Waals surface area contributed by atoms with E-state index in [1.165, 1.54) is 12.8 Å². The lowest BCUT2D eigenvalue weighted by Gasteiger charge is -2.13. The third-order valence-corrected chi connectivity index (χ3v) is 3.23. The molecular formula is C14H21NO2. The Bertz CT molecular complexity index is 418. The van der Waals surface area contributed by atoms with Gasteiger partial charge >= 0.3 is 5.97 Å². The molecule has 3 heteroatoms. The van der Waals surface area contributed by atoms with Gasteiger partial charge in [-0.25, -0.2) is 4.79 Å². The Labute approximate surface area is 103 Å². The molecule has 3 nitrogen and oxygen atoms in total. The Morgan fingerprint density at radius 2 is 2.29 bits per heavy atom. The molecule has 0 N–H and O–H groups in total. The van der Waals surface area contributed by atoms with Crippen LogP contribution in [0.1, 0.15) is 47.9 Å². The van der Waals surface area contributed by atoms with Gasteiger partial charge in [0.25, 0.3) is 0 Å². The Morgan fingerprint density at radius 3 is 2.76 bits per heavy atom. The first-order chi connectivity index (χ1) is 8.06. The smallest absolute Gasteiger partial charge is 0.339 e. The normalized spacial score (nSPS) is 12.2. The predicted molar refractivity (Wildman–Crippen MR) is 69.4 cm³/mol. The lowest BCUT2D eigenvalue weighted by molar-refractivity contribution is 0.0600. The van der Waals surface area contributed by atoms with Gasteiger partial charge in [0.15, 0.2) is 0 Å². The van der Waals surface area contributed by atoms with Crippen molar-refractivity contribution < 1.29 is 9.53 Å². The van der Waals surface area contributed by atoms with Crippen molar-refractivity contribution in [2.24, 2.45) is 0 Å². The predicted octanol–water partition coefficient (Wildman–Crippen LogP) is 3.28. The van der Waals surface area contributed by atoms with Crippen LogP contribution in [0.4, 0.5) is 0 Å². The first-order valence-corrected chi connectivity index (χ1v) is 5.96. The Hall–Kier alpha value is -1.51. The maximum Gasteiger partial charge on any atom is 0.339 e. The summed E-state index contributed by atoms with van der Waals surface area (Å²) in [6.07, 6.45) is 2.89. The van der Waals surface area contributed by atoms with Crippen molar-refractivity contribution in [1.29, 1.82) is 0 Å². The van der Waals surface area contributed by atoms with Crippen molar-refractivity contribution in [3.8, 4) is 0 Å². The van der Waals surface area contributed by atoms with Gasteiger partial charge in [0.1, 0.15) is 0 Å². The van der Waals surface area contributed by atoms with Crippen molar-refractivity contribution in [1.82, 2.24) is 4.57 Å². The molecule has 0 aliphatic heterocycles. The summed E-state index contributed by atoms with van der Waals surface area (Å²) in [6.45, 7) is 10.7. The van der Waals surface area contributed by atoms with E-state index in [1.54, 1.807) is 0 Å². The van der Waals surface area contributed by atoms with Crippen LogP contribution in [-0.2, 0) is 11.3 Å². The molecule has 0 aliphatic carbocycles. The van der Waals surface area contributed by atoms with Gasteiger partial charge in [-0.15, -0.1) is 6.58 Å². The van der Waals surface area contributed by atoms with E-state index in [4.69, 9.17) is 4.74 Å². The molecule has 1 aromatic heterocycles. The third-order valence-electron chi connectivity index (χ3n) is 3.23. The first kappa shape index (κ1) is 13.6. The van der Waals surface area contributed by atoms with Crippen molar-refractivity contribution in [3.63, 3.8) is 0 Å². The minimum atomic E-state index is -0.269. The van der Waals surface area contributed by atoms with Crippen LogP contribution in [0.15, 0.2) is 18.7 Å². The number of carbonyl (C=O) groups excluding carboxylic acids is 1. The fourth-order valence-corrected chi connectivity index (χ4v) is 1.97. The highest BCUT2D eigenvalue weighted by molar-refractivity contribution is 5.91. The topological polar surface area (TPSA) is 31.2 Å². The molecule has 1 aromatic rings. The van der Waals surface area contributed by atoms with E-state index in [-0.39, 0.29) is 5.97 Å². The van der Waals surface area contributed by atoms with Gasteiger partial charge in [-0.1, -0.05) is 19.9 Å². The van der Waals surface area contributed by atoms with Gasteiger partial charge in [0, 0.05) is 17.9 Å². The van der Waals surface area contributed by atoms with Gasteiger partial charge in [0.05, 0.1) is 12.7 Å². The molecule has 1 rings (SSSR count). The number of allylic oxidation sites excluding steroid dienone is 1.